The van der Waals surface area contributed by atoms with Gasteiger partial charge in [-0.3, -0.25) is 4.79 Å². The number of esters is 1. The van der Waals surface area contributed by atoms with E-state index in [1.807, 2.05) is 30.3 Å². The zero-order valence-corrected chi connectivity index (χ0v) is 20.5. The number of rotatable bonds is 6. The molecule has 0 atom stereocenters. The summed E-state index contributed by atoms with van der Waals surface area (Å²) in [7, 11) is 1.56. The third-order valence-corrected chi connectivity index (χ3v) is 7.10. The van der Waals surface area contributed by atoms with Crippen molar-refractivity contribution in [2.45, 2.75) is 32.8 Å². The first-order chi connectivity index (χ1) is 17.0. The van der Waals surface area contributed by atoms with Crippen LogP contribution in [0.15, 0.2) is 60.0 Å². The SMILES string of the molecule is COc1ccc(C(C)=O)cc1COC(=O)c1c2c(nc3ccccc13)C(=Cc1cccs1)CCC2. The number of carbonyl (C=O) groups is 2. The lowest BCUT2D eigenvalue weighted by Gasteiger charge is -2.22. The molecule has 5 rings (SSSR count). The molecule has 4 aromatic rings. The number of para-hydroxylation sites is 1. The Bertz CT molecular complexity index is 1450. The van der Waals surface area contributed by atoms with Gasteiger partial charge in [0.15, 0.2) is 5.78 Å². The minimum absolute atomic E-state index is 0.00639. The number of thiophene rings is 1. The van der Waals surface area contributed by atoms with E-state index in [-0.39, 0.29) is 12.4 Å². The largest absolute Gasteiger partial charge is 0.496 e. The minimum atomic E-state index is -0.396. The van der Waals surface area contributed by atoms with Gasteiger partial charge in [-0.05, 0) is 79.1 Å². The average molecular weight is 484 g/mol. The number of aromatic nitrogens is 1. The molecule has 0 spiro atoms. The van der Waals surface area contributed by atoms with Crippen LogP contribution in [-0.2, 0) is 17.8 Å². The van der Waals surface area contributed by atoms with Crippen LogP contribution in [-0.4, -0.2) is 23.8 Å². The molecule has 0 unspecified atom stereocenters. The molecule has 6 heteroatoms. The molecule has 2 aromatic heterocycles. The van der Waals surface area contributed by atoms with Gasteiger partial charge in [-0.15, -0.1) is 11.3 Å². The number of Topliss-reactive ketones (excluding diaryl/α,β-unsaturated/α-hetero) is 1. The second kappa shape index (κ2) is 9.84. The molecule has 0 amide bonds. The molecule has 0 N–H and O–H groups in total. The Morgan fingerprint density at radius 2 is 1.94 bits per heavy atom. The number of ether oxygens (including phenoxy) is 2. The van der Waals surface area contributed by atoms with Crippen LogP contribution in [0.2, 0.25) is 0 Å². The Morgan fingerprint density at radius 1 is 1.09 bits per heavy atom. The number of methoxy groups -OCH3 is 1. The third kappa shape index (κ3) is 4.62. The molecule has 0 radical (unpaired) electrons. The first-order valence-corrected chi connectivity index (χ1v) is 12.4. The van der Waals surface area contributed by atoms with Gasteiger partial charge >= 0.3 is 5.97 Å². The lowest BCUT2D eigenvalue weighted by Crippen LogP contribution is -2.15. The summed E-state index contributed by atoms with van der Waals surface area (Å²) in [4.78, 5) is 31.6. The molecule has 0 saturated carbocycles. The van der Waals surface area contributed by atoms with Gasteiger partial charge in [-0.1, -0.05) is 24.3 Å². The van der Waals surface area contributed by atoms with E-state index in [1.54, 1.807) is 36.6 Å². The zero-order valence-electron chi connectivity index (χ0n) is 19.7. The molecular formula is C29H25NO4S. The molecule has 5 nitrogen and oxygen atoms in total. The van der Waals surface area contributed by atoms with Gasteiger partial charge in [0.1, 0.15) is 12.4 Å². The number of allylic oxidation sites excluding steroid dienone is 1. The number of hydrogen-bond donors (Lipinski definition) is 0. The van der Waals surface area contributed by atoms with Gasteiger partial charge in [0.25, 0.3) is 0 Å². The highest BCUT2D eigenvalue weighted by Gasteiger charge is 2.26. The summed E-state index contributed by atoms with van der Waals surface area (Å²) >= 11 is 1.69. The van der Waals surface area contributed by atoms with Crippen molar-refractivity contribution in [3.8, 4) is 5.75 Å². The van der Waals surface area contributed by atoms with Crippen molar-refractivity contribution >= 4 is 45.6 Å². The predicted octanol–water partition coefficient (Wildman–Crippen LogP) is 6.74. The molecule has 0 fully saturated rings. The maximum atomic E-state index is 13.6. The van der Waals surface area contributed by atoms with Gasteiger partial charge in [-0.25, -0.2) is 9.78 Å². The Hall–Kier alpha value is -3.77. The fourth-order valence-corrected chi connectivity index (χ4v) is 5.26. The van der Waals surface area contributed by atoms with E-state index in [0.717, 1.165) is 47.0 Å². The maximum Gasteiger partial charge on any atom is 0.339 e. The number of nitrogens with zero attached hydrogens (tertiary/aromatic N) is 1. The van der Waals surface area contributed by atoms with Crippen molar-refractivity contribution in [2.24, 2.45) is 0 Å². The Balaban J connectivity index is 1.55. The van der Waals surface area contributed by atoms with E-state index in [4.69, 9.17) is 14.5 Å². The number of carbonyl (C=O) groups excluding carboxylic acids is 2. The van der Waals surface area contributed by atoms with E-state index in [1.165, 1.54) is 11.8 Å². The fraction of sp³-hybridized carbons (Fsp3) is 0.207. The van der Waals surface area contributed by atoms with E-state index in [9.17, 15) is 9.59 Å². The lowest BCUT2D eigenvalue weighted by molar-refractivity contribution is 0.0471. The molecule has 35 heavy (non-hydrogen) atoms. The quantitative estimate of drug-likeness (QED) is 0.224. The van der Waals surface area contributed by atoms with Crippen LogP contribution in [0.3, 0.4) is 0 Å². The topological polar surface area (TPSA) is 65.5 Å². The molecule has 1 aliphatic carbocycles. The number of ketones is 1. The second-order valence-corrected chi connectivity index (χ2v) is 9.51. The minimum Gasteiger partial charge on any atom is -0.496 e. The summed E-state index contributed by atoms with van der Waals surface area (Å²) in [6.07, 6.45) is 4.80. The first kappa shape index (κ1) is 23.0. The normalized spacial score (nSPS) is 14.1. The standard InChI is InChI=1S/C29H25NO4S/c1-18(31)19-12-13-26(33-2)21(15-19)17-34-29(32)27-23-9-3-4-11-25(23)30-28-20(7-5-10-24(27)28)16-22-8-6-14-35-22/h3-4,6,8-9,11-16H,5,7,10,17H2,1-2H3. The zero-order chi connectivity index (χ0) is 24.4. The monoisotopic (exact) mass is 483 g/mol. The van der Waals surface area contributed by atoms with Crippen LogP contribution in [0.5, 0.6) is 5.75 Å². The van der Waals surface area contributed by atoms with Crippen molar-refractivity contribution < 1.29 is 19.1 Å². The molecule has 2 heterocycles. The average Bonchev–Trinajstić information content (AvgIpc) is 3.39. The molecule has 0 bridgehead atoms. The second-order valence-electron chi connectivity index (χ2n) is 8.53. The van der Waals surface area contributed by atoms with Crippen LogP contribution in [0.25, 0.3) is 22.6 Å². The summed E-state index contributed by atoms with van der Waals surface area (Å²) in [5.74, 6) is 0.123. The molecule has 2 aromatic carbocycles. The van der Waals surface area contributed by atoms with Crippen LogP contribution in [0, 0.1) is 0 Å². The molecule has 1 aliphatic rings. The first-order valence-electron chi connectivity index (χ1n) is 11.6. The van der Waals surface area contributed by atoms with Crippen LogP contribution in [0.4, 0.5) is 0 Å². The van der Waals surface area contributed by atoms with Gasteiger partial charge in [0.2, 0.25) is 0 Å². The Morgan fingerprint density at radius 3 is 2.71 bits per heavy atom. The molecule has 0 saturated heterocycles. The van der Waals surface area contributed by atoms with E-state index >= 15 is 0 Å². The number of pyridine rings is 1. The number of hydrogen-bond acceptors (Lipinski definition) is 6. The number of benzene rings is 2. The highest BCUT2D eigenvalue weighted by atomic mass is 32.1. The highest BCUT2D eigenvalue weighted by Crippen LogP contribution is 2.37. The molecular weight excluding hydrogens is 458 g/mol. The van der Waals surface area contributed by atoms with Gasteiger partial charge in [0, 0.05) is 21.4 Å². The van der Waals surface area contributed by atoms with Crippen molar-refractivity contribution in [1.82, 2.24) is 4.98 Å². The lowest BCUT2D eigenvalue weighted by atomic mass is 9.86. The van der Waals surface area contributed by atoms with Gasteiger partial charge in [-0.2, -0.15) is 0 Å². The summed E-state index contributed by atoms with van der Waals surface area (Å²) < 4.78 is 11.3. The van der Waals surface area contributed by atoms with E-state index in [0.29, 0.717) is 22.4 Å². The van der Waals surface area contributed by atoms with Crippen LogP contribution in [0.1, 0.15) is 62.2 Å². The van der Waals surface area contributed by atoms with Crippen molar-refractivity contribution in [2.75, 3.05) is 7.11 Å². The summed E-state index contributed by atoms with van der Waals surface area (Å²) in [6.45, 7) is 1.51. The van der Waals surface area contributed by atoms with Crippen LogP contribution < -0.4 is 4.74 Å². The maximum absolute atomic E-state index is 13.6. The van der Waals surface area contributed by atoms with Crippen molar-refractivity contribution in [3.63, 3.8) is 0 Å². The smallest absolute Gasteiger partial charge is 0.339 e. The third-order valence-electron chi connectivity index (χ3n) is 6.28. The highest BCUT2D eigenvalue weighted by molar-refractivity contribution is 7.10. The fourth-order valence-electron chi connectivity index (χ4n) is 4.58. The van der Waals surface area contributed by atoms with E-state index in [2.05, 4.69) is 17.5 Å². The van der Waals surface area contributed by atoms with Crippen molar-refractivity contribution in [1.29, 1.82) is 0 Å². The van der Waals surface area contributed by atoms with Gasteiger partial charge in [0.05, 0.1) is 23.9 Å². The molecule has 0 aliphatic heterocycles. The Kier molecular flexibility index (Phi) is 6.47. The number of fused-ring (bicyclic) bond motifs is 2. The summed E-state index contributed by atoms with van der Waals surface area (Å²) in [5, 5.41) is 2.85. The van der Waals surface area contributed by atoms with Gasteiger partial charge < -0.3 is 9.47 Å². The van der Waals surface area contributed by atoms with Crippen LogP contribution >= 0.6 is 11.3 Å². The Labute approximate surface area is 208 Å². The molecule has 176 valence electrons. The van der Waals surface area contributed by atoms with E-state index < -0.39 is 5.97 Å². The summed E-state index contributed by atoms with van der Waals surface area (Å²) in [5.41, 5.74) is 5.51. The summed E-state index contributed by atoms with van der Waals surface area (Å²) in [6, 6.07) is 17.0. The predicted molar refractivity (Wildman–Crippen MR) is 139 cm³/mol. The van der Waals surface area contributed by atoms with Crippen molar-refractivity contribution in [3.05, 3.63) is 92.8 Å².